The molecule has 4 aromatic rings. The van der Waals surface area contributed by atoms with Crippen molar-refractivity contribution in [1.82, 2.24) is 9.88 Å². The van der Waals surface area contributed by atoms with Crippen LogP contribution in [0.15, 0.2) is 103 Å². The number of fused-ring (bicyclic) bond motifs is 1. The van der Waals surface area contributed by atoms with Crippen LogP contribution < -0.4 is 10.6 Å². The summed E-state index contributed by atoms with van der Waals surface area (Å²) in [7, 11) is -2.98. The molecule has 5 rings (SSSR count). The number of hydrogen-bond donors (Lipinski definition) is 0. The molecule has 3 aromatic carbocycles. The second-order valence-electron chi connectivity index (χ2n) is 7.93. The first kappa shape index (κ1) is 21.0. The van der Waals surface area contributed by atoms with E-state index in [0.29, 0.717) is 22.5 Å². The average molecular weight is 452 g/mol. The summed E-state index contributed by atoms with van der Waals surface area (Å²) in [5.41, 5.74) is 2.06. The Morgan fingerprint density at radius 3 is 1.64 bits per heavy atom. The quantitative estimate of drug-likeness (QED) is 0.321. The van der Waals surface area contributed by atoms with Crippen LogP contribution in [0.4, 0.5) is 0 Å². The van der Waals surface area contributed by atoms with Gasteiger partial charge in [0.2, 0.25) is 0 Å². The Kier molecular flexibility index (Phi) is 5.49. The van der Waals surface area contributed by atoms with E-state index in [1.807, 2.05) is 72.8 Å². The number of carbonyl (C=O) groups is 2. The van der Waals surface area contributed by atoms with Gasteiger partial charge in [-0.25, -0.2) is 0 Å². The minimum Gasteiger partial charge on any atom is -0.313 e. The van der Waals surface area contributed by atoms with Gasteiger partial charge in [0.15, 0.2) is 0 Å². The van der Waals surface area contributed by atoms with E-state index in [0.717, 1.165) is 10.6 Å². The molecule has 6 heteroatoms. The Labute approximate surface area is 192 Å². The third-order valence-electron chi connectivity index (χ3n) is 5.79. The lowest BCUT2D eigenvalue weighted by Crippen LogP contribution is -2.29. The number of imide groups is 1. The van der Waals surface area contributed by atoms with E-state index < -0.39 is 7.14 Å². The molecule has 0 atom stereocenters. The molecule has 0 radical (unpaired) electrons. The Morgan fingerprint density at radius 2 is 1.09 bits per heavy atom. The first-order valence-electron chi connectivity index (χ1n) is 10.7. The number of pyridine rings is 1. The van der Waals surface area contributed by atoms with Crippen molar-refractivity contribution < 1.29 is 14.2 Å². The van der Waals surface area contributed by atoms with Crippen LogP contribution in [0.25, 0.3) is 0 Å². The lowest BCUT2D eigenvalue weighted by molar-refractivity contribution is 0.0640. The largest absolute Gasteiger partial charge is 0.313 e. The maximum absolute atomic E-state index is 14.3. The lowest BCUT2D eigenvalue weighted by atomic mass is 10.1. The van der Waals surface area contributed by atoms with Crippen LogP contribution in [0.2, 0.25) is 0 Å². The second-order valence-corrected chi connectivity index (χ2v) is 10.8. The van der Waals surface area contributed by atoms with Crippen molar-refractivity contribution in [2.45, 2.75) is 12.7 Å². The first-order valence-corrected chi connectivity index (χ1v) is 12.6. The molecule has 0 saturated heterocycles. The molecule has 1 aromatic heterocycles. The molecule has 0 bridgehead atoms. The number of aromatic nitrogens is 1. The fourth-order valence-electron chi connectivity index (χ4n) is 4.15. The summed E-state index contributed by atoms with van der Waals surface area (Å²) in [5, 5.41) is 1.53. The molecule has 0 aliphatic carbocycles. The molecule has 0 unspecified atom stereocenters. The first-order chi connectivity index (χ1) is 16.1. The zero-order valence-electron chi connectivity index (χ0n) is 17.8. The predicted molar refractivity (Wildman–Crippen MR) is 128 cm³/mol. The number of benzene rings is 3. The highest BCUT2D eigenvalue weighted by molar-refractivity contribution is 7.78. The monoisotopic (exact) mass is 452 g/mol. The second kappa shape index (κ2) is 8.61. The maximum atomic E-state index is 14.3. The molecule has 5 nitrogen and oxygen atoms in total. The van der Waals surface area contributed by atoms with E-state index in [4.69, 9.17) is 0 Å². The minimum atomic E-state index is -2.98. The van der Waals surface area contributed by atoms with Crippen LogP contribution in [0.3, 0.4) is 0 Å². The number of rotatable bonds is 6. The summed E-state index contributed by atoms with van der Waals surface area (Å²) in [5.74, 6) is -0.635. The SMILES string of the molecule is O=C1c2ccccc2C(=O)N1Cc1cccc(CP(=O)(c2ccccc2)c2ccccc2)n1. The van der Waals surface area contributed by atoms with Gasteiger partial charge in [-0.3, -0.25) is 19.5 Å². The van der Waals surface area contributed by atoms with Crippen molar-refractivity contribution in [1.29, 1.82) is 0 Å². The highest BCUT2D eigenvalue weighted by atomic mass is 31.2. The van der Waals surface area contributed by atoms with Crippen molar-refractivity contribution in [2.24, 2.45) is 0 Å². The summed E-state index contributed by atoms with van der Waals surface area (Å²) in [4.78, 5) is 31.4. The molecular formula is C27H21N2O3P. The van der Waals surface area contributed by atoms with E-state index in [2.05, 4.69) is 4.98 Å². The Bertz CT molecular complexity index is 1310. The van der Waals surface area contributed by atoms with Gasteiger partial charge in [0.1, 0.15) is 7.14 Å². The molecule has 1 aliphatic rings. The molecule has 33 heavy (non-hydrogen) atoms. The van der Waals surface area contributed by atoms with Gasteiger partial charge in [-0.2, -0.15) is 0 Å². The number of hydrogen-bond acceptors (Lipinski definition) is 4. The van der Waals surface area contributed by atoms with E-state index >= 15 is 0 Å². The van der Waals surface area contributed by atoms with Crippen molar-refractivity contribution >= 4 is 29.6 Å². The van der Waals surface area contributed by atoms with Crippen LogP contribution in [0.1, 0.15) is 32.1 Å². The van der Waals surface area contributed by atoms with E-state index in [-0.39, 0.29) is 24.5 Å². The molecular weight excluding hydrogens is 431 g/mol. The third-order valence-corrected chi connectivity index (χ3v) is 8.83. The summed E-state index contributed by atoms with van der Waals surface area (Å²) < 4.78 is 14.3. The van der Waals surface area contributed by atoms with Crippen LogP contribution in [0, 0.1) is 0 Å². The third kappa shape index (κ3) is 3.92. The fourth-order valence-corrected chi connectivity index (χ4v) is 6.75. The molecule has 162 valence electrons. The molecule has 0 fully saturated rings. The van der Waals surface area contributed by atoms with Crippen LogP contribution in [0.5, 0.6) is 0 Å². The Balaban J connectivity index is 1.45. The fraction of sp³-hybridized carbons (Fsp3) is 0.0741. The van der Waals surface area contributed by atoms with Crippen LogP contribution in [-0.2, 0) is 17.3 Å². The van der Waals surface area contributed by atoms with Crippen molar-refractivity contribution in [2.75, 3.05) is 0 Å². The van der Waals surface area contributed by atoms with Crippen LogP contribution in [-0.4, -0.2) is 21.7 Å². The van der Waals surface area contributed by atoms with Gasteiger partial charge in [-0.15, -0.1) is 0 Å². The lowest BCUT2D eigenvalue weighted by Gasteiger charge is -2.20. The van der Waals surface area contributed by atoms with Gasteiger partial charge in [-0.1, -0.05) is 78.9 Å². The topological polar surface area (TPSA) is 67.3 Å². The molecule has 0 saturated carbocycles. The highest BCUT2D eigenvalue weighted by Gasteiger charge is 2.35. The number of amides is 2. The molecule has 1 aliphatic heterocycles. The normalized spacial score (nSPS) is 13.3. The van der Waals surface area contributed by atoms with E-state index in [1.165, 1.54) is 4.90 Å². The number of nitrogens with zero attached hydrogens (tertiary/aromatic N) is 2. The minimum absolute atomic E-state index is 0.0706. The average Bonchev–Trinajstić information content (AvgIpc) is 3.10. The molecule has 2 amide bonds. The van der Waals surface area contributed by atoms with E-state index in [9.17, 15) is 14.2 Å². The summed E-state index contributed by atoms with van der Waals surface area (Å²) in [6, 6.07) is 31.2. The molecule has 2 heterocycles. The van der Waals surface area contributed by atoms with Crippen molar-refractivity contribution in [3.05, 3.63) is 126 Å². The van der Waals surface area contributed by atoms with Gasteiger partial charge in [0, 0.05) is 16.3 Å². The van der Waals surface area contributed by atoms with E-state index in [1.54, 1.807) is 30.3 Å². The predicted octanol–water partition coefficient (Wildman–Crippen LogP) is 4.39. The van der Waals surface area contributed by atoms with Crippen LogP contribution >= 0.6 is 7.14 Å². The van der Waals surface area contributed by atoms with Gasteiger partial charge >= 0.3 is 0 Å². The number of carbonyl (C=O) groups excluding carboxylic acids is 2. The van der Waals surface area contributed by atoms with Gasteiger partial charge < -0.3 is 4.57 Å². The van der Waals surface area contributed by atoms with Gasteiger partial charge in [0.05, 0.1) is 29.5 Å². The smallest absolute Gasteiger partial charge is 0.261 e. The summed E-state index contributed by atoms with van der Waals surface area (Å²) >= 11 is 0. The zero-order chi connectivity index (χ0) is 22.8. The summed E-state index contributed by atoms with van der Waals surface area (Å²) in [6.07, 6.45) is 0.247. The maximum Gasteiger partial charge on any atom is 0.261 e. The summed E-state index contributed by atoms with van der Waals surface area (Å²) in [6.45, 7) is 0.0706. The van der Waals surface area contributed by atoms with Gasteiger partial charge in [0.25, 0.3) is 11.8 Å². The standard InChI is InChI=1S/C27H21N2O3P/c30-26-24-16-7-8-17-25(24)27(31)29(26)18-20-10-9-11-21(28-20)19-33(32,22-12-3-1-4-13-22)23-14-5-2-6-15-23/h1-17H,18-19H2. The zero-order valence-corrected chi connectivity index (χ0v) is 18.7. The van der Waals surface area contributed by atoms with Crippen molar-refractivity contribution in [3.8, 4) is 0 Å². The molecule has 0 spiro atoms. The Hall–Kier alpha value is -3.82. The van der Waals surface area contributed by atoms with Crippen molar-refractivity contribution in [3.63, 3.8) is 0 Å². The molecule has 0 N–H and O–H groups in total. The highest BCUT2D eigenvalue weighted by Crippen LogP contribution is 2.46. The van der Waals surface area contributed by atoms with Gasteiger partial charge in [-0.05, 0) is 24.3 Å². The Morgan fingerprint density at radius 1 is 0.606 bits per heavy atom.